The van der Waals surface area contributed by atoms with Gasteiger partial charge in [-0.3, -0.25) is 9.57 Å². The van der Waals surface area contributed by atoms with Crippen molar-refractivity contribution < 1.29 is 27.3 Å². The summed E-state index contributed by atoms with van der Waals surface area (Å²) in [6.45, 7) is 3.67. The second-order valence-electron chi connectivity index (χ2n) is 9.15. The van der Waals surface area contributed by atoms with Gasteiger partial charge < -0.3 is 20.6 Å². The number of hydrogen-bond acceptors (Lipinski definition) is 7. The van der Waals surface area contributed by atoms with Gasteiger partial charge in [0.1, 0.15) is 11.9 Å². The average molecular weight is 528 g/mol. The molecule has 8 nitrogen and oxygen atoms in total. The average Bonchev–Trinajstić information content (AvgIpc) is 2.83. The van der Waals surface area contributed by atoms with E-state index in [0.717, 1.165) is 43.1 Å². The number of carbonyl (C=O) groups is 1. The van der Waals surface area contributed by atoms with E-state index in [-0.39, 0.29) is 17.7 Å². The number of carboxylic acids is 1. The largest absolute Gasteiger partial charge is 0.480 e. The van der Waals surface area contributed by atoms with E-state index in [1.165, 1.54) is 12.1 Å². The van der Waals surface area contributed by atoms with Crippen molar-refractivity contribution in [3.63, 3.8) is 0 Å². The van der Waals surface area contributed by atoms with Gasteiger partial charge in [-0.2, -0.15) is 13.2 Å². The maximum absolute atomic E-state index is 13.8. The Hall–Kier alpha value is -2.70. The maximum Gasteiger partial charge on any atom is 0.395 e. The van der Waals surface area contributed by atoms with Crippen LogP contribution in [0.15, 0.2) is 42.6 Å². The van der Waals surface area contributed by atoms with Gasteiger partial charge in [-0.05, 0) is 43.1 Å². The van der Waals surface area contributed by atoms with Crippen LogP contribution in [-0.4, -0.2) is 82.1 Å². The van der Waals surface area contributed by atoms with Gasteiger partial charge in [-0.1, -0.05) is 24.3 Å². The summed E-state index contributed by atoms with van der Waals surface area (Å²) in [7, 11) is -1.33. The molecule has 3 rings (SSSR count). The van der Waals surface area contributed by atoms with Crippen LogP contribution >= 0.6 is 0 Å². The number of nitrogens with zero attached hydrogens (tertiary/aromatic N) is 3. The minimum absolute atomic E-state index is 0.0192. The summed E-state index contributed by atoms with van der Waals surface area (Å²) in [5.41, 5.74) is 6.89. The van der Waals surface area contributed by atoms with Crippen molar-refractivity contribution in [2.24, 2.45) is 5.73 Å². The van der Waals surface area contributed by atoms with Crippen molar-refractivity contribution in [3.05, 3.63) is 48.2 Å². The third-order valence-corrected chi connectivity index (χ3v) is 8.22. The zero-order chi connectivity index (χ0) is 26.5. The van der Waals surface area contributed by atoms with Crippen LogP contribution in [0.1, 0.15) is 24.3 Å². The van der Waals surface area contributed by atoms with Gasteiger partial charge in [0.25, 0.3) is 0 Å². The van der Waals surface area contributed by atoms with Crippen molar-refractivity contribution in [1.29, 1.82) is 4.78 Å². The number of pyridine rings is 1. The number of likely N-dealkylation sites (N-methyl/N-ethyl adjacent to an activating group) is 1. The number of aromatic nitrogens is 1. The number of piperazine rings is 1. The normalized spacial score (nSPS) is 18.4. The number of anilines is 1. The van der Waals surface area contributed by atoms with Gasteiger partial charge in [0.2, 0.25) is 0 Å². The molecule has 1 aliphatic rings. The molecular weight excluding hydrogens is 495 g/mol. The topological polar surface area (TPSA) is 124 Å². The van der Waals surface area contributed by atoms with Crippen LogP contribution in [0.4, 0.5) is 19.0 Å². The minimum Gasteiger partial charge on any atom is -0.480 e. The Balaban J connectivity index is 1.67. The lowest BCUT2D eigenvalue weighted by Gasteiger charge is -2.33. The van der Waals surface area contributed by atoms with Crippen LogP contribution in [0, 0.1) is 4.78 Å². The number of alkyl halides is 3. The third-order valence-electron chi connectivity index (χ3n) is 6.43. The van der Waals surface area contributed by atoms with Crippen molar-refractivity contribution in [2.45, 2.75) is 31.0 Å². The molecule has 0 radical (unpaired) electrons. The molecule has 4 N–H and O–H groups in total. The van der Waals surface area contributed by atoms with Crippen molar-refractivity contribution in [1.82, 2.24) is 9.88 Å². The van der Waals surface area contributed by atoms with E-state index in [2.05, 4.69) is 21.8 Å². The Morgan fingerprint density at radius 1 is 1.08 bits per heavy atom. The van der Waals surface area contributed by atoms with E-state index in [9.17, 15) is 22.2 Å². The number of rotatable bonds is 10. The molecule has 12 heteroatoms. The highest BCUT2D eigenvalue weighted by atomic mass is 32.2. The molecule has 0 aliphatic carbocycles. The summed E-state index contributed by atoms with van der Waals surface area (Å²) in [4.78, 5) is 19.8. The van der Waals surface area contributed by atoms with E-state index in [4.69, 9.17) is 15.6 Å². The van der Waals surface area contributed by atoms with Gasteiger partial charge in [-0.15, -0.1) is 0 Å². The van der Waals surface area contributed by atoms with Gasteiger partial charge in [0, 0.05) is 59.2 Å². The molecule has 0 bridgehead atoms. The second-order valence-corrected chi connectivity index (χ2v) is 11.6. The Labute approximate surface area is 209 Å². The fourth-order valence-electron chi connectivity index (χ4n) is 4.06. The number of nitrogens with two attached hydrogens (primary N) is 1. The maximum atomic E-state index is 13.8. The lowest BCUT2D eigenvalue weighted by Crippen LogP contribution is -2.44. The Morgan fingerprint density at radius 2 is 1.67 bits per heavy atom. The molecule has 0 amide bonds. The first kappa shape index (κ1) is 27.9. The molecule has 3 atom stereocenters. The second kappa shape index (κ2) is 11.6. The van der Waals surface area contributed by atoms with Crippen molar-refractivity contribution >= 4 is 21.5 Å². The van der Waals surface area contributed by atoms with Crippen LogP contribution in [0.25, 0.3) is 11.1 Å². The lowest BCUT2D eigenvalue weighted by atomic mass is 9.94. The predicted octanol–water partition coefficient (Wildman–Crippen LogP) is 3.39. The van der Waals surface area contributed by atoms with E-state index >= 15 is 0 Å². The van der Waals surface area contributed by atoms with E-state index in [0.29, 0.717) is 0 Å². The predicted molar refractivity (Wildman–Crippen MR) is 134 cm³/mol. The summed E-state index contributed by atoms with van der Waals surface area (Å²) in [6, 6.07) is 8.51. The number of aliphatic carboxylic acids is 1. The summed E-state index contributed by atoms with van der Waals surface area (Å²) < 4.78 is 61.7. The lowest BCUT2D eigenvalue weighted by molar-refractivity contribution is -0.150. The minimum atomic E-state index is -4.58. The number of halogens is 3. The zero-order valence-electron chi connectivity index (χ0n) is 20.1. The van der Waals surface area contributed by atoms with Crippen LogP contribution in [0.3, 0.4) is 0 Å². The Kier molecular flexibility index (Phi) is 8.96. The molecule has 1 aromatic carbocycles. The van der Waals surface area contributed by atoms with Crippen LogP contribution in [0.5, 0.6) is 0 Å². The summed E-state index contributed by atoms with van der Waals surface area (Å²) in [5, 5.41) is 8.80. The molecule has 1 fully saturated rings. The highest BCUT2D eigenvalue weighted by Gasteiger charge is 2.40. The number of hydrogen-bond donors (Lipinski definition) is 3. The van der Waals surface area contributed by atoms with Gasteiger partial charge >= 0.3 is 12.1 Å². The fourth-order valence-corrected chi connectivity index (χ4v) is 5.51. The van der Waals surface area contributed by atoms with Crippen LogP contribution < -0.4 is 10.6 Å². The molecule has 2 aromatic rings. The molecule has 0 saturated carbocycles. The van der Waals surface area contributed by atoms with E-state index in [1.807, 2.05) is 12.1 Å². The Bertz CT molecular complexity index is 1120. The van der Waals surface area contributed by atoms with Gasteiger partial charge in [0.05, 0.1) is 5.92 Å². The van der Waals surface area contributed by atoms with E-state index in [1.54, 1.807) is 18.3 Å². The van der Waals surface area contributed by atoms with Crippen LogP contribution in [-0.2, 0) is 14.5 Å². The molecular formula is C24H32F3N5O3S. The summed E-state index contributed by atoms with van der Waals surface area (Å²) >= 11 is 0. The summed E-state index contributed by atoms with van der Waals surface area (Å²) in [5.74, 6) is -3.18. The first-order valence-electron chi connectivity index (χ1n) is 11.6. The fraction of sp³-hybridized carbons (Fsp3) is 0.500. The molecule has 198 valence electrons. The SMILES string of the molecule is CN1CCN(c2ccc(-c3ccc(C(CCS(=N)(=O)CC[C@H](N)C(=O)O)C(F)(F)F)cc3)cn2)CC1. The number of benzene rings is 1. The zero-order valence-corrected chi connectivity index (χ0v) is 20.9. The molecule has 2 unspecified atom stereocenters. The molecule has 2 heterocycles. The standard InChI is InChI=1S/C24H32F3N5O3S/c1-31-10-12-32(13-11-31)22-7-6-19(16-30-22)17-2-4-18(5-3-17)20(24(25,26)27)8-14-36(29,35)15-9-21(28)23(33)34/h2-7,16,20-21,29H,8-15,28H2,1H3,(H,33,34)/t20?,21-,36?/m0/s1. The molecule has 1 aliphatic heterocycles. The first-order valence-corrected chi connectivity index (χ1v) is 13.5. The van der Waals surface area contributed by atoms with Gasteiger partial charge in [-0.25, -0.2) is 9.19 Å². The molecule has 36 heavy (non-hydrogen) atoms. The third kappa shape index (κ3) is 7.65. The van der Waals surface area contributed by atoms with Gasteiger partial charge in [0.15, 0.2) is 0 Å². The number of nitrogens with one attached hydrogen (secondary N) is 1. The molecule has 1 saturated heterocycles. The van der Waals surface area contributed by atoms with E-state index < -0.39 is 46.0 Å². The number of carboxylic acid groups (broad SMARTS) is 1. The van der Waals surface area contributed by atoms with Crippen molar-refractivity contribution in [3.8, 4) is 11.1 Å². The Morgan fingerprint density at radius 3 is 2.19 bits per heavy atom. The van der Waals surface area contributed by atoms with Crippen LogP contribution in [0.2, 0.25) is 0 Å². The quantitative estimate of drug-likeness (QED) is 0.433. The van der Waals surface area contributed by atoms with Crippen molar-refractivity contribution in [2.75, 3.05) is 49.6 Å². The summed E-state index contributed by atoms with van der Waals surface area (Å²) in [6.07, 6.45) is -3.64. The highest BCUT2D eigenvalue weighted by molar-refractivity contribution is 7.92. The molecule has 1 aromatic heterocycles. The molecule has 0 spiro atoms. The first-order chi connectivity index (χ1) is 16.9. The highest BCUT2D eigenvalue weighted by Crippen LogP contribution is 2.38. The smallest absolute Gasteiger partial charge is 0.395 e. The monoisotopic (exact) mass is 527 g/mol.